The number of ether oxygens (including phenoxy) is 1. The van der Waals surface area contributed by atoms with Crippen LogP contribution in [0.1, 0.15) is 115 Å². The minimum absolute atomic E-state index is 0.0362. The van der Waals surface area contributed by atoms with Gasteiger partial charge in [-0.25, -0.2) is 4.79 Å². The van der Waals surface area contributed by atoms with Gasteiger partial charge in [-0.1, -0.05) is 76.8 Å². The Bertz CT molecular complexity index is 916. The Morgan fingerprint density at radius 1 is 1.00 bits per heavy atom. The first-order valence-electron chi connectivity index (χ1n) is 14.8. The maximum absolute atomic E-state index is 12.7. The van der Waals surface area contributed by atoms with E-state index < -0.39 is 0 Å². The minimum Gasteiger partial charge on any atom is -0.458 e. The number of hydrogen-bond donors (Lipinski definition) is 0. The van der Waals surface area contributed by atoms with E-state index in [4.69, 9.17) is 4.74 Å². The molecule has 3 saturated carbocycles. The lowest BCUT2D eigenvalue weighted by atomic mass is 9.47. The van der Waals surface area contributed by atoms with Crippen LogP contribution in [0, 0.1) is 40.4 Å². The minimum atomic E-state index is -0.160. The van der Waals surface area contributed by atoms with Crippen LogP contribution in [-0.2, 0) is 4.74 Å². The summed E-state index contributed by atoms with van der Waals surface area (Å²) in [6.07, 6.45) is 18.5. The third-order valence-corrected chi connectivity index (χ3v) is 11.1. The van der Waals surface area contributed by atoms with Crippen LogP contribution < -0.4 is 0 Å². The number of unbranched alkanes of at least 4 members (excludes halogenated alkanes) is 1. The second-order valence-electron chi connectivity index (χ2n) is 13.4. The number of carbonyl (C=O) groups is 1. The van der Waals surface area contributed by atoms with Crippen molar-refractivity contribution in [3.63, 3.8) is 0 Å². The fourth-order valence-corrected chi connectivity index (χ4v) is 9.05. The molecule has 3 unspecified atom stereocenters. The van der Waals surface area contributed by atoms with Gasteiger partial charge in [-0.3, -0.25) is 0 Å². The average molecular weight is 477 g/mol. The van der Waals surface area contributed by atoms with E-state index in [0.29, 0.717) is 16.4 Å². The summed E-state index contributed by atoms with van der Waals surface area (Å²) in [7, 11) is 0. The zero-order valence-electron chi connectivity index (χ0n) is 22.7. The molecule has 0 spiro atoms. The molecule has 1 aromatic rings. The largest absolute Gasteiger partial charge is 0.458 e. The molecule has 192 valence electrons. The van der Waals surface area contributed by atoms with Crippen LogP contribution in [0.3, 0.4) is 0 Å². The molecule has 2 nitrogen and oxygen atoms in total. The molecule has 0 saturated heterocycles. The van der Waals surface area contributed by atoms with Crippen molar-refractivity contribution in [2.45, 2.75) is 111 Å². The molecule has 5 rings (SSSR count). The number of benzene rings is 1. The zero-order valence-corrected chi connectivity index (χ0v) is 22.7. The van der Waals surface area contributed by atoms with Crippen LogP contribution in [0.25, 0.3) is 0 Å². The van der Waals surface area contributed by atoms with Crippen molar-refractivity contribution in [2.24, 2.45) is 40.4 Å². The summed E-state index contributed by atoms with van der Waals surface area (Å²) in [5.41, 5.74) is 3.16. The van der Waals surface area contributed by atoms with E-state index in [1.807, 2.05) is 30.3 Å². The normalized spacial score (nSPS) is 38.3. The highest BCUT2D eigenvalue weighted by molar-refractivity contribution is 5.89. The second-order valence-corrected chi connectivity index (χ2v) is 13.4. The fourth-order valence-electron chi connectivity index (χ4n) is 9.05. The number of rotatable bonds is 7. The van der Waals surface area contributed by atoms with Crippen molar-refractivity contribution in [3.05, 3.63) is 47.5 Å². The highest BCUT2D eigenvalue weighted by Crippen LogP contribution is 2.66. The fraction of sp³-hybridized carbons (Fsp3) is 0.727. The third-order valence-electron chi connectivity index (χ3n) is 11.1. The summed E-state index contributed by atoms with van der Waals surface area (Å²) < 4.78 is 5.99. The first kappa shape index (κ1) is 25.1. The number of carbonyl (C=O) groups excluding carboxylic acids is 1. The number of esters is 1. The average Bonchev–Trinajstić information content (AvgIpc) is 3.18. The van der Waals surface area contributed by atoms with Crippen LogP contribution in [0.2, 0.25) is 0 Å². The highest BCUT2D eigenvalue weighted by atomic mass is 16.5. The van der Waals surface area contributed by atoms with Gasteiger partial charge in [-0.2, -0.15) is 0 Å². The Balaban J connectivity index is 1.23. The molecule has 4 aliphatic carbocycles. The lowest BCUT2D eigenvalue weighted by molar-refractivity contribution is -0.0536. The molecule has 0 aromatic heterocycles. The SMILES string of the molecule is CC(C)CCCCC1CCC2[C@@H]3CC=C4C[C@@H](OC(=O)c5ccccc5)CC[C@]4(C)C3CC[C@]12C. The summed E-state index contributed by atoms with van der Waals surface area (Å²) in [5.74, 6) is 4.25. The van der Waals surface area contributed by atoms with Gasteiger partial charge in [0.25, 0.3) is 0 Å². The van der Waals surface area contributed by atoms with Crippen LogP contribution in [0.15, 0.2) is 42.0 Å². The maximum atomic E-state index is 12.7. The van der Waals surface area contributed by atoms with E-state index in [9.17, 15) is 4.79 Å². The molecule has 7 atom stereocenters. The smallest absolute Gasteiger partial charge is 0.338 e. The Hall–Kier alpha value is -1.57. The second kappa shape index (κ2) is 10.1. The van der Waals surface area contributed by atoms with Gasteiger partial charge in [0.05, 0.1) is 5.56 Å². The van der Waals surface area contributed by atoms with Gasteiger partial charge in [-0.15, -0.1) is 0 Å². The standard InChI is InChI=1S/C33H48O2/c1-23(2)10-8-9-13-25-15-17-29-28-16-14-26-22-27(35-31(34)24-11-6-5-7-12-24)18-20-33(26,4)30(28)19-21-32(25,29)3/h5-7,11-12,14,23,25,27-30H,8-10,13,15-22H2,1-4H3/t25?,27-,28-,29?,30?,32+,33-/m0/s1. The van der Waals surface area contributed by atoms with Crippen LogP contribution in [0.5, 0.6) is 0 Å². The summed E-state index contributed by atoms with van der Waals surface area (Å²) in [4.78, 5) is 12.7. The van der Waals surface area contributed by atoms with Crippen LogP contribution in [0.4, 0.5) is 0 Å². The summed E-state index contributed by atoms with van der Waals surface area (Å²) >= 11 is 0. The quantitative estimate of drug-likeness (QED) is 0.223. The van der Waals surface area contributed by atoms with Crippen molar-refractivity contribution in [3.8, 4) is 0 Å². The Morgan fingerprint density at radius 3 is 2.57 bits per heavy atom. The molecule has 0 heterocycles. The molecule has 0 amide bonds. The molecule has 1 aromatic carbocycles. The molecule has 0 radical (unpaired) electrons. The summed E-state index contributed by atoms with van der Waals surface area (Å²) in [5, 5.41) is 0. The molecule has 4 aliphatic rings. The topological polar surface area (TPSA) is 26.3 Å². The first-order chi connectivity index (χ1) is 16.8. The number of hydrogen-bond acceptors (Lipinski definition) is 2. The van der Waals surface area contributed by atoms with Gasteiger partial charge >= 0.3 is 5.97 Å². The van der Waals surface area contributed by atoms with Crippen molar-refractivity contribution in [1.82, 2.24) is 0 Å². The third kappa shape index (κ3) is 4.76. The summed E-state index contributed by atoms with van der Waals surface area (Å²) in [6.45, 7) is 9.96. The molecular weight excluding hydrogens is 428 g/mol. The van der Waals surface area contributed by atoms with Gasteiger partial charge in [0, 0.05) is 6.42 Å². The van der Waals surface area contributed by atoms with Crippen molar-refractivity contribution in [2.75, 3.05) is 0 Å². The van der Waals surface area contributed by atoms with Gasteiger partial charge < -0.3 is 4.74 Å². The molecular formula is C33H48O2. The lowest BCUT2D eigenvalue weighted by Gasteiger charge is -2.58. The lowest BCUT2D eigenvalue weighted by Crippen LogP contribution is -2.50. The zero-order chi connectivity index (χ0) is 24.6. The van der Waals surface area contributed by atoms with E-state index in [0.717, 1.165) is 42.4 Å². The molecule has 3 fully saturated rings. The molecule has 0 aliphatic heterocycles. The van der Waals surface area contributed by atoms with E-state index in [2.05, 4.69) is 33.8 Å². The van der Waals surface area contributed by atoms with Crippen LogP contribution in [-0.4, -0.2) is 12.1 Å². The van der Waals surface area contributed by atoms with Gasteiger partial charge in [0.1, 0.15) is 6.10 Å². The number of fused-ring (bicyclic) bond motifs is 5. The maximum Gasteiger partial charge on any atom is 0.338 e. The highest BCUT2D eigenvalue weighted by Gasteiger charge is 2.58. The van der Waals surface area contributed by atoms with Gasteiger partial charge in [-0.05, 0) is 104 Å². The molecule has 2 heteroatoms. The molecule has 0 bridgehead atoms. The van der Waals surface area contributed by atoms with E-state index in [1.165, 1.54) is 64.2 Å². The van der Waals surface area contributed by atoms with Crippen molar-refractivity contribution in [1.29, 1.82) is 0 Å². The Kier molecular flexibility index (Phi) is 7.21. The monoisotopic (exact) mass is 476 g/mol. The van der Waals surface area contributed by atoms with Gasteiger partial charge in [0.2, 0.25) is 0 Å². The predicted octanol–water partition coefficient (Wildman–Crippen LogP) is 9.01. The molecule has 0 N–H and O–H groups in total. The Labute approximate surface area is 214 Å². The molecule has 35 heavy (non-hydrogen) atoms. The van der Waals surface area contributed by atoms with E-state index in [-0.39, 0.29) is 12.1 Å². The predicted molar refractivity (Wildman–Crippen MR) is 144 cm³/mol. The van der Waals surface area contributed by atoms with E-state index >= 15 is 0 Å². The van der Waals surface area contributed by atoms with Gasteiger partial charge in [0.15, 0.2) is 0 Å². The van der Waals surface area contributed by atoms with Crippen LogP contribution >= 0.6 is 0 Å². The van der Waals surface area contributed by atoms with Crippen molar-refractivity contribution >= 4 is 5.97 Å². The Morgan fingerprint density at radius 2 is 1.80 bits per heavy atom. The van der Waals surface area contributed by atoms with E-state index in [1.54, 1.807) is 5.57 Å². The number of allylic oxidation sites excluding steroid dienone is 1. The summed E-state index contributed by atoms with van der Waals surface area (Å²) in [6, 6.07) is 9.49. The first-order valence-corrected chi connectivity index (χ1v) is 14.8. The van der Waals surface area contributed by atoms with Crippen molar-refractivity contribution < 1.29 is 9.53 Å².